The second-order valence-electron chi connectivity index (χ2n) is 4.82. The lowest BCUT2D eigenvalue weighted by molar-refractivity contribution is 0.111. The van der Waals surface area contributed by atoms with Gasteiger partial charge in [-0.15, -0.1) is 0 Å². The molecule has 0 unspecified atom stereocenters. The van der Waals surface area contributed by atoms with Crippen molar-refractivity contribution in [2.45, 2.75) is 40.3 Å². The molecule has 2 rings (SSSR count). The number of carbonyl (C=O) groups is 1. The fourth-order valence-corrected chi connectivity index (χ4v) is 2.87. The zero-order valence-electron chi connectivity index (χ0n) is 12.5. The van der Waals surface area contributed by atoms with Crippen LogP contribution in [-0.4, -0.2) is 16.1 Å². The third-order valence-electron chi connectivity index (χ3n) is 3.35. The number of benzene rings is 1. The first kappa shape index (κ1) is 15.8. The van der Waals surface area contributed by atoms with Crippen LogP contribution in [0.5, 0.6) is 5.75 Å². The molecule has 0 saturated heterocycles. The Hall–Kier alpha value is -1.62. The van der Waals surface area contributed by atoms with E-state index >= 15 is 0 Å². The minimum absolute atomic E-state index is 0.380. The van der Waals surface area contributed by atoms with Crippen molar-refractivity contribution in [3.8, 4) is 5.75 Å². The molecule has 1 aromatic heterocycles. The lowest BCUT2D eigenvalue weighted by Crippen LogP contribution is -2.07. The first-order valence-corrected chi connectivity index (χ1v) is 7.82. The predicted octanol–water partition coefficient (Wildman–Crippen LogP) is 3.93. The average molecular weight is 351 g/mol. The maximum absolute atomic E-state index is 11.1. The van der Waals surface area contributed by atoms with E-state index in [0.717, 1.165) is 40.7 Å². The third kappa shape index (κ3) is 3.35. The molecule has 0 bridgehead atoms. The number of aryl methyl sites for hydroxylation is 3. The Morgan fingerprint density at radius 2 is 2.14 bits per heavy atom. The van der Waals surface area contributed by atoms with Crippen molar-refractivity contribution in [1.82, 2.24) is 9.78 Å². The van der Waals surface area contributed by atoms with Crippen molar-refractivity contribution >= 4 is 22.2 Å². The highest BCUT2D eigenvalue weighted by molar-refractivity contribution is 9.10. The van der Waals surface area contributed by atoms with Gasteiger partial charge in [0.25, 0.3) is 0 Å². The van der Waals surface area contributed by atoms with Gasteiger partial charge in [-0.3, -0.25) is 9.48 Å². The van der Waals surface area contributed by atoms with Gasteiger partial charge in [-0.2, -0.15) is 5.10 Å². The van der Waals surface area contributed by atoms with Crippen molar-refractivity contribution in [3.05, 3.63) is 45.2 Å². The molecule has 1 heterocycles. The largest absolute Gasteiger partial charge is 0.487 e. The van der Waals surface area contributed by atoms with Crippen molar-refractivity contribution in [3.63, 3.8) is 0 Å². The molecule has 0 atom stereocenters. The first-order valence-electron chi connectivity index (χ1n) is 7.03. The minimum Gasteiger partial charge on any atom is -0.487 e. The number of ether oxygens (including phenoxy) is 1. The van der Waals surface area contributed by atoms with E-state index < -0.39 is 0 Å². The molecule has 0 radical (unpaired) electrons. The van der Waals surface area contributed by atoms with Gasteiger partial charge >= 0.3 is 0 Å². The highest BCUT2D eigenvalue weighted by Gasteiger charge is 2.15. The highest BCUT2D eigenvalue weighted by Crippen LogP contribution is 2.25. The topological polar surface area (TPSA) is 44.1 Å². The summed E-state index contributed by atoms with van der Waals surface area (Å²) >= 11 is 3.59. The van der Waals surface area contributed by atoms with Crippen LogP contribution >= 0.6 is 15.9 Å². The van der Waals surface area contributed by atoms with Crippen LogP contribution in [0.25, 0.3) is 0 Å². The maximum atomic E-state index is 11.1. The Morgan fingerprint density at radius 3 is 2.76 bits per heavy atom. The molecule has 4 nitrogen and oxygen atoms in total. The van der Waals surface area contributed by atoms with Gasteiger partial charge < -0.3 is 4.74 Å². The molecule has 0 aliphatic carbocycles. The first-order chi connectivity index (χ1) is 10.1. The summed E-state index contributed by atoms with van der Waals surface area (Å²) in [6.07, 6.45) is 1.69. The van der Waals surface area contributed by atoms with E-state index in [-0.39, 0.29) is 0 Å². The van der Waals surface area contributed by atoms with Gasteiger partial charge in [0.05, 0.1) is 21.4 Å². The van der Waals surface area contributed by atoms with Crippen LogP contribution in [0.3, 0.4) is 0 Å². The SMILES string of the molecule is CCc1nn(CC)c(COc2ccc(C)cc2C=O)c1Br. The Labute approximate surface area is 133 Å². The van der Waals surface area contributed by atoms with Crippen LogP contribution in [0.1, 0.15) is 41.2 Å². The van der Waals surface area contributed by atoms with Gasteiger partial charge in [-0.1, -0.05) is 18.6 Å². The van der Waals surface area contributed by atoms with E-state index in [4.69, 9.17) is 4.74 Å². The Bertz CT molecular complexity index is 650. The number of aldehydes is 1. The molecule has 0 aliphatic heterocycles. The summed E-state index contributed by atoms with van der Waals surface area (Å²) in [7, 11) is 0. The minimum atomic E-state index is 0.380. The van der Waals surface area contributed by atoms with Gasteiger partial charge in [0.1, 0.15) is 12.4 Å². The van der Waals surface area contributed by atoms with Crippen LogP contribution in [0, 0.1) is 6.92 Å². The summed E-state index contributed by atoms with van der Waals surface area (Å²) in [5.74, 6) is 0.601. The van der Waals surface area contributed by atoms with Crippen LogP contribution in [0.15, 0.2) is 22.7 Å². The van der Waals surface area contributed by atoms with Gasteiger partial charge in [-0.05, 0) is 48.3 Å². The van der Waals surface area contributed by atoms with Crippen molar-refractivity contribution < 1.29 is 9.53 Å². The Balaban J connectivity index is 2.24. The number of aromatic nitrogens is 2. The van der Waals surface area contributed by atoms with E-state index in [1.165, 1.54) is 0 Å². The standard InChI is InChI=1S/C16H19BrN2O2/c1-4-13-16(17)14(19(5-2)18-13)10-21-15-7-6-11(3)8-12(15)9-20/h6-9H,4-5,10H2,1-3H3. The fourth-order valence-electron chi connectivity index (χ4n) is 2.19. The molecule has 0 fully saturated rings. The summed E-state index contributed by atoms with van der Waals surface area (Å²) in [6, 6.07) is 5.60. The number of nitrogens with zero attached hydrogens (tertiary/aromatic N) is 2. The molecule has 2 aromatic rings. The van der Waals surface area contributed by atoms with E-state index in [9.17, 15) is 4.79 Å². The lowest BCUT2D eigenvalue weighted by atomic mass is 10.1. The number of halogens is 1. The van der Waals surface area contributed by atoms with Crippen LogP contribution in [-0.2, 0) is 19.6 Å². The second-order valence-corrected chi connectivity index (χ2v) is 5.62. The Morgan fingerprint density at radius 1 is 1.38 bits per heavy atom. The van der Waals surface area contributed by atoms with Gasteiger partial charge in [-0.25, -0.2) is 0 Å². The highest BCUT2D eigenvalue weighted by atomic mass is 79.9. The summed E-state index contributed by atoms with van der Waals surface area (Å²) in [6.45, 7) is 7.23. The average Bonchev–Trinajstić information content (AvgIpc) is 2.81. The predicted molar refractivity (Wildman–Crippen MR) is 85.9 cm³/mol. The molecule has 5 heteroatoms. The van der Waals surface area contributed by atoms with Crippen LogP contribution in [0.4, 0.5) is 0 Å². The molecular weight excluding hydrogens is 332 g/mol. The van der Waals surface area contributed by atoms with Crippen LogP contribution in [0.2, 0.25) is 0 Å². The molecule has 0 spiro atoms. The zero-order chi connectivity index (χ0) is 15.4. The van der Waals surface area contributed by atoms with E-state index in [0.29, 0.717) is 17.9 Å². The number of rotatable bonds is 6. The van der Waals surface area contributed by atoms with Gasteiger partial charge in [0.2, 0.25) is 0 Å². The molecule has 0 N–H and O–H groups in total. The monoisotopic (exact) mass is 350 g/mol. The summed E-state index contributed by atoms with van der Waals surface area (Å²) < 4.78 is 8.75. The Kier molecular flexibility index (Phi) is 5.17. The zero-order valence-corrected chi connectivity index (χ0v) is 14.1. The fraction of sp³-hybridized carbons (Fsp3) is 0.375. The molecule has 0 amide bonds. The van der Waals surface area contributed by atoms with Crippen molar-refractivity contribution in [2.75, 3.05) is 0 Å². The molecule has 0 saturated carbocycles. The number of carbonyl (C=O) groups excluding carboxylic acids is 1. The normalized spacial score (nSPS) is 10.7. The lowest BCUT2D eigenvalue weighted by Gasteiger charge is -2.10. The second kappa shape index (κ2) is 6.89. The summed E-state index contributed by atoms with van der Waals surface area (Å²) in [5, 5.41) is 4.54. The smallest absolute Gasteiger partial charge is 0.153 e. The molecule has 1 aromatic carbocycles. The molecular formula is C16H19BrN2O2. The van der Waals surface area contributed by atoms with Crippen LogP contribution < -0.4 is 4.74 Å². The van der Waals surface area contributed by atoms with Gasteiger partial charge in [0, 0.05) is 6.54 Å². The van der Waals surface area contributed by atoms with E-state index in [1.807, 2.05) is 36.7 Å². The van der Waals surface area contributed by atoms with Gasteiger partial charge in [0.15, 0.2) is 6.29 Å². The molecule has 112 valence electrons. The maximum Gasteiger partial charge on any atom is 0.153 e. The molecule has 0 aliphatic rings. The summed E-state index contributed by atoms with van der Waals surface area (Å²) in [4.78, 5) is 11.1. The molecule has 21 heavy (non-hydrogen) atoms. The number of hydrogen-bond donors (Lipinski definition) is 0. The summed E-state index contributed by atoms with van der Waals surface area (Å²) in [5.41, 5.74) is 3.63. The van der Waals surface area contributed by atoms with Crippen molar-refractivity contribution in [2.24, 2.45) is 0 Å². The van der Waals surface area contributed by atoms with Crippen molar-refractivity contribution in [1.29, 1.82) is 0 Å². The van der Waals surface area contributed by atoms with E-state index in [2.05, 4.69) is 28.0 Å². The number of hydrogen-bond acceptors (Lipinski definition) is 3. The third-order valence-corrected chi connectivity index (χ3v) is 4.27. The quantitative estimate of drug-likeness (QED) is 0.741. The van der Waals surface area contributed by atoms with E-state index in [1.54, 1.807) is 0 Å².